The van der Waals surface area contributed by atoms with E-state index in [1.165, 1.54) is 0 Å². The molecule has 0 saturated heterocycles. The molecule has 0 N–H and O–H groups in total. The highest BCUT2D eigenvalue weighted by Gasteiger charge is 2.09. The summed E-state index contributed by atoms with van der Waals surface area (Å²) >= 11 is 6.12. The smallest absolute Gasteiger partial charge is 0.137 e. The molecule has 0 aliphatic rings. The molecular weight excluding hydrogens is 222 g/mol. The highest BCUT2D eigenvalue weighted by atomic mass is 35.5. The van der Waals surface area contributed by atoms with E-state index >= 15 is 0 Å². The van der Waals surface area contributed by atoms with Gasteiger partial charge in [0.1, 0.15) is 12.2 Å². The maximum absolute atomic E-state index is 6.12. The van der Waals surface area contributed by atoms with Crippen LogP contribution in [-0.2, 0) is 6.42 Å². The first-order valence-corrected chi connectivity index (χ1v) is 5.68. The minimum Gasteiger partial charge on any atom is -0.315 e. The monoisotopic (exact) mass is 235 g/mol. The third-order valence-electron chi connectivity index (χ3n) is 2.51. The van der Waals surface area contributed by atoms with Crippen molar-refractivity contribution >= 4 is 11.6 Å². The van der Waals surface area contributed by atoms with Crippen LogP contribution in [0.4, 0.5) is 0 Å². The number of aromatic nitrogens is 3. The quantitative estimate of drug-likeness (QED) is 0.819. The summed E-state index contributed by atoms with van der Waals surface area (Å²) in [6.45, 7) is 4.22. The molecule has 0 spiro atoms. The number of rotatable bonds is 3. The molecule has 1 aromatic heterocycles. The van der Waals surface area contributed by atoms with E-state index in [0.29, 0.717) is 6.04 Å². The highest BCUT2D eigenvalue weighted by Crippen LogP contribution is 2.19. The second-order valence-electron chi connectivity index (χ2n) is 4.02. The normalized spacial score (nSPS) is 11.0. The highest BCUT2D eigenvalue weighted by molar-refractivity contribution is 6.31. The molecular formula is C12H14ClN3. The van der Waals surface area contributed by atoms with Gasteiger partial charge >= 0.3 is 0 Å². The van der Waals surface area contributed by atoms with Crippen LogP contribution in [0.5, 0.6) is 0 Å². The number of benzene rings is 1. The molecule has 0 radical (unpaired) electrons. The van der Waals surface area contributed by atoms with Crippen molar-refractivity contribution in [2.24, 2.45) is 0 Å². The van der Waals surface area contributed by atoms with Crippen LogP contribution in [0.1, 0.15) is 31.3 Å². The minimum absolute atomic E-state index is 0.368. The van der Waals surface area contributed by atoms with E-state index in [0.717, 1.165) is 22.8 Å². The third kappa shape index (κ3) is 2.25. The molecule has 0 amide bonds. The summed E-state index contributed by atoms with van der Waals surface area (Å²) in [6, 6.07) is 8.19. The molecule has 0 aliphatic carbocycles. The van der Waals surface area contributed by atoms with E-state index in [1.54, 1.807) is 6.33 Å². The summed E-state index contributed by atoms with van der Waals surface area (Å²) in [7, 11) is 0. The summed E-state index contributed by atoms with van der Waals surface area (Å²) in [5, 5.41) is 8.85. The lowest BCUT2D eigenvalue weighted by Crippen LogP contribution is -2.06. The van der Waals surface area contributed by atoms with Gasteiger partial charge in [0.15, 0.2) is 0 Å². The largest absolute Gasteiger partial charge is 0.315 e. The summed E-state index contributed by atoms with van der Waals surface area (Å²) in [5.41, 5.74) is 1.08. The third-order valence-corrected chi connectivity index (χ3v) is 2.88. The van der Waals surface area contributed by atoms with Crippen molar-refractivity contribution in [2.45, 2.75) is 26.3 Å². The van der Waals surface area contributed by atoms with E-state index < -0.39 is 0 Å². The summed E-state index contributed by atoms with van der Waals surface area (Å²) < 4.78 is 2.06. The average molecular weight is 236 g/mol. The number of halogens is 1. The van der Waals surface area contributed by atoms with Crippen molar-refractivity contribution < 1.29 is 0 Å². The molecule has 2 rings (SSSR count). The molecule has 0 unspecified atom stereocenters. The molecule has 0 saturated carbocycles. The Labute approximate surface area is 100 Å². The van der Waals surface area contributed by atoms with Crippen LogP contribution in [0, 0.1) is 0 Å². The first kappa shape index (κ1) is 11.1. The minimum atomic E-state index is 0.368. The van der Waals surface area contributed by atoms with Gasteiger partial charge < -0.3 is 4.57 Å². The van der Waals surface area contributed by atoms with Crippen LogP contribution in [-0.4, -0.2) is 14.8 Å². The zero-order chi connectivity index (χ0) is 11.5. The van der Waals surface area contributed by atoms with Gasteiger partial charge in [0.05, 0.1) is 0 Å². The maximum Gasteiger partial charge on any atom is 0.137 e. The van der Waals surface area contributed by atoms with Crippen molar-refractivity contribution in [1.29, 1.82) is 0 Å². The Morgan fingerprint density at radius 1 is 1.31 bits per heavy atom. The molecule has 0 atom stereocenters. The number of hydrogen-bond acceptors (Lipinski definition) is 2. The van der Waals surface area contributed by atoms with Crippen LogP contribution in [0.3, 0.4) is 0 Å². The van der Waals surface area contributed by atoms with Gasteiger partial charge in [0.25, 0.3) is 0 Å². The van der Waals surface area contributed by atoms with Crippen LogP contribution in [0.25, 0.3) is 0 Å². The molecule has 4 heteroatoms. The molecule has 0 aliphatic heterocycles. The molecule has 3 nitrogen and oxygen atoms in total. The Hall–Kier alpha value is -1.35. The Bertz CT molecular complexity index is 477. The molecule has 0 fully saturated rings. The fourth-order valence-corrected chi connectivity index (χ4v) is 1.84. The molecule has 16 heavy (non-hydrogen) atoms. The summed E-state index contributed by atoms with van der Waals surface area (Å²) in [6.07, 6.45) is 2.48. The van der Waals surface area contributed by atoms with Gasteiger partial charge in [-0.3, -0.25) is 0 Å². The first-order chi connectivity index (χ1) is 7.68. The van der Waals surface area contributed by atoms with Crippen molar-refractivity contribution in [3.05, 3.63) is 47.0 Å². The van der Waals surface area contributed by atoms with Gasteiger partial charge in [-0.25, -0.2) is 0 Å². The fourth-order valence-electron chi connectivity index (χ4n) is 1.64. The summed E-state index contributed by atoms with van der Waals surface area (Å²) in [5.74, 6) is 0.947. The van der Waals surface area contributed by atoms with E-state index in [1.807, 2.05) is 24.3 Å². The number of nitrogens with zero attached hydrogens (tertiary/aromatic N) is 3. The molecule has 1 heterocycles. The van der Waals surface area contributed by atoms with Crippen LogP contribution in [0.2, 0.25) is 5.02 Å². The lowest BCUT2D eigenvalue weighted by atomic mass is 10.1. The standard InChI is InChI=1S/C12H14ClN3/c1-9(2)16-8-14-15-12(16)7-10-5-3-4-6-11(10)13/h3-6,8-9H,7H2,1-2H3. The Morgan fingerprint density at radius 3 is 2.75 bits per heavy atom. The van der Waals surface area contributed by atoms with Gasteiger partial charge in [-0.05, 0) is 25.5 Å². The predicted octanol–water partition coefficient (Wildman–Crippen LogP) is 3.10. The Morgan fingerprint density at radius 2 is 2.06 bits per heavy atom. The topological polar surface area (TPSA) is 30.7 Å². The van der Waals surface area contributed by atoms with Gasteiger partial charge in [0.2, 0.25) is 0 Å². The van der Waals surface area contributed by atoms with Gasteiger partial charge in [-0.1, -0.05) is 29.8 Å². The first-order valence-electron chi connectivity index (χ1n) is 5.30. The van der Waals surface area contributed by atoms with E-state index in [2.05, 4.69) is 28.6 Å². The number of hydrogen-bond donors (Lipinski definition) is 0. The van der Waals surface area contributed by atoms with Crippen molar-refractivity contribution in [2.75, 3.05) is 0 Å². The van der Waals surface area contributed by atoms with E-state index in [4.69, 9.17) is 11.6 Å². The zero-order valence-electron chi connectivity index (χ0n) is 9.39. The average Bonchev–Trinajstić information content (AvgIpc) is 2.69. The fraction of sp³-hybridized carbons (Fsp3) is 0.333. The molecule has 1 aromatic carbocycles. The Balaban J connectivity index is 2.27. The molecule has 0 bridgehead atoms. The van der Waals surface area contributed by atoms with Crippen LogP contribution in [0.15, 0.2) is 30.6 Å². The van der Waals surface area contributed by atoms with Crippen LogP contribution >= 0.6 is 11.6 Å². The van der Waals surface area contributed by atoms with Gasteiger partial charge in [-0.15, -0.1) is 10.2 Å². The van der Waals surface area contributed by atoms with E-state index in [9.17, 15) is 0 Å². The second kappa shape index (κ2) is 4.66. The zero-order valence-corrected chi connectivity index (χ0v) is 10.1. The van der Waals surface area contributed by atoms with Crippen molar-refractivity contribution in [1.82, 2.24) is 14.8 Å². The van der Waals surface area contributed by atoms with Crippen molar-refractivity contribution in [3.8, 4) is 0 Å². The van der Waals surface area contributed by atoms with Gasteiger partial charge in [-0.2, -0.15) is 0 Å². The van der Waals surface area contributed by atoms with Crippen LogP contribution < -0.4 is 0 Å². The van der Waals surface area contributed by atoms with Gasteiger partial charge in [0, 0.05) is 17.5 Å². The Kier molecular flexibility index (Phi) is 3.25. The second-order valence-corrected chi connectivity index (χ2v) is 4.42. The van der Waals surface area contributed by atoms with Crippen molar-refractivity contribution in [3.63, 3.8) is 0 Å². The SMILES string of the molecule is CC(C)n1cnnc1Cc1ccccc1Cl. The lowest BCUT2D eigenvalue weighted by Gasteiger charge is -2.10. The van der Waals surface area contributed by atoms with E-state index in [-0.39, 0.29) is 0 Å². The molecule has 2 aromatic rings. The summed E-state index contributed by atoms with van der Waals surface area (Å²) in [4.78, 5) is 0. The lowest BCUT2D eigenvalue weighted by molar-refractivity contribution is 0.574. The maximum atomic E-state index is 6.12. The molecule has 84 valence electrons. The predicted molar refractivity (Wildman–Crippen MR) is 64.7 cm³/mol.